The molecule has 0 radical (unpaired) electrons. The van der Waals surface area contributed by atoms with Gasteiger partial charge in [-0.25, -0.2) is 13.6 Å². The minimum atomic E-state index is -1.17. The Morgan fingerprint density at radius 2 is 1.54 bits per heavy atom. The van der Waals surface area contributed by atoms with Crippen LogP contribution in [0.15, 0.2) is 42.5 Å². The van der Waals surface area contributed by atoms with Crippen LogP contribution < -0.4 is 10.6 Å². The lowest BCUT2D eigenvalue weighted by Gasteiger charge is -2.08. The lowest BCUT2D eigenvalue weighted by atomic mass is 10.2. The molecule has 2 amide bonds. The number of methoxy groups -OCH3 is 1. The Morgan fingerprint density at radius 1 is 0.917 bits per heavy atom. The smallest absolute Gasteiger partial charge is 0.337 e. The van der Waals surface area contributed by atoms with Crippen LogP contribution in [0.4, 0.5) is 20.2 Å². The van der Waals surface area contributed by atoms with E-state index in [1.807, 2.05) is 5.32 Å². The average molecular weight is 334 g/mol. The summed E-state index contributed by atoms with van der Waals surface area (Å²) in [5.74, 6) is -4.43. The Labute approximate surface area is 135 Å². The van der Waals surface area contributed by atoms with Crippen LogP contribution >= 0.6 is 0 Å². The molecule has 0 aliphatic rings. The second kappa shape index (κ2) is 7.32. The summed E-state index contributed by atoms with van der Waals surface area (Å²) in [7, 11) is 1.23. The molecule has 2 aromatic rings. The van der Waals surface area contributed by atoms with Gasteiger partial charge in [-0.05, 0) is 36.4 Å². The number of hydrogen-bond donors (Lipinski definition) is 2. The van der Waals surface area contributed by atoms with Gasteiger partial charge >= 0.3 is 17.8 Å². The lowest BCUT2D eigenvalue weighted by Crippen LogP contribution is -2.29. The molecule has 24 heavy (non-hydrogen) atoms. The summed E-state index contributed by atoms with van der Waals surface area (Å²) in [5.41, 5.74) is 0.0560. The van der Waals surface area contributed by atoms with Gasteiger partial charge in [0, 0.05) is 11.8 Å². The van der Waals surface area contributed by atoms with Crippen molar-refractivity contribution in [1.29, 1.82) is 0 Å². The quantitative estimate of drug-likeness (QED) is 0.666. The minimum Gasteiger partial charge on any atom is -0.465 e. The first-order chi connectivity index (χ1) is 11.4. The highest BCUT2D eigenvalue weighted by Crippen LogP contribution is 2.15. The van der Waals surface area contributed by atoms with Crippen LogP contribution in [0.25, 0.3) is 0 Å². The minimum absolute atomic E-state index is 0.238. The first-order valence-electron chi connectivity index (χ1n) is 6.66. The molecule has 0 atom stereocenters. The molecule has 2 aromatic carbocycles. The Morgan fingerprint density at radius 3 is 2.17 bits per heavy atom. The van der Waals surface area contributed by atoms with Crippen molar-refractivity contribution in [3.05, 3.63) is 59.7 Å². The van der Waals surface area contributed by atoms with Crippen LogP contribution in [-0.4, -0.2) is 24.9 Å². The van der Waals surface area contributed by atoms with Gasteiger partial charge < -0.3 is 15.4 Å². The molecule has 2 rings (SSSR count). The standard InChI is InChI=1S/C16H12F2N2O4/c1-24-16(23)9-2-5-11(6-3-9)19-14(21)15(22)20-13-8-10(17)4-7-12(13)18/h2-8H,1H3,(H,19,21)(H,20,22). The number of ether oxygens (including phenoxy) is 1. The summed E-state index contributed by atoms with van der Waals surface area (Å²) >= 11 is 0. The zero-order valence-electron chi connectivity index (χ0n) is 12.4. The molecule has 0 aliphatic heterocycles. The van der Waals surface area contributed by atoms with E-state index in [2.05, 4.69) is 10.1 Å². The van der Waals surface area contributed by atoms with Crippen LogP contribution in [0, 0.1) is 11.6 Å². The topological polar surface area (TPSA) is 84.5 Å². The van der Waals surface area contributed by atoms with E-state index >= 15 is 0 Å². The van der Waals surface area contributed by atoms with Gasteiger partial charge in [0.25, 0.3) is 0 Å². The summed E-state index contributed by atoms with van der Waals surface area (Å²) < 4.78 is 31.0. The van der Waals surface area contributed by atoms with E-state index in [9.17, 15) is 23.2 Å². The van der Waals surface area contributed by atoms with E-state index in [0.29, 0.717) is 0 Å². The Kier molecular flexibility index (Phi) is 5.20. The van der Waals surface area contributed by atoms with Gasteiger partial charge in [-0.1, -0.05) is 0 Å². The highest BCUT2D eigenvalue weighted by atomic mass is 19.1. The van der Waals surface area contributed by atoms with Crippen molar-refractivity contribution in [2.75, 3.05) is 17.7 Å². The van der Waals surface area contributed by atoms with E-state index in [0.717, 1.165) is 18.2 Å². The van der Waals surface area contributed by atoms with Crippen molar-refractivity contribution >= 4 is 29.2 Å². The number of nitrogens with one attached hydrogen (secondary N) is 2. The molecule has 6 nitrogen and oxygen atoms in total. The molecule has 0 aliphatic carbocycles. The third-order valence-corrected chi connectivity index (χ3v) is 2.95. The number of hydrogen-bond acceptors (Lipinski definition) is 4. The van der Waals surface area contributed by atoms with Crippen LogP contribution in [0.1, 0.15) is 10.4 Å². The van der Waals surface area contributed by atoms with Crippen molar-refractivity contribution in [3.8, 4) is 0 Å². The number of halogens is 2. The number of anilines is 2. The van der Waals surface area contributed by atoms with Crippen molar-refractivity contribution in [2.24, 2.45) is 0 Å². The molecule has 0 unspecified atom stereocenters. The number of amides is 2. The Balaban J connectivity index is 2.02. The van der Waals surface area contributed by atoms with Gasteiger partial charge in [0.1, 0.15) is 11.6 Å². The molecule has 124 valence electrons. The Hall–Kier alpha value is -3.29. The van der Waals surface area contributed by atoms with Gasteiger partial charge in [0.2, 0.25) is 0 Å². The largest absolute Gasteiger partial charge is 0.465 e. The molecule has 8 heteroatoms. The lowest BCUT2D eigenvalue weighted by molar-refractivity contribution is -0.133. The predicted octanol–water partition coefficient (Wildman–Crippen LogP) is 2.33. The fraction of sp³-hybridized carbons (Fsp3) is 0.0625. The van der Waals surface area contributed by atoms with E-state index in [-0.39, 0.29) is 11.3 Å². The maximum absolute atomic E-state index is 13.4. The number of benzene rings is 2. The average Bonchev–Trinajstić information content (AvgIpc) is 2.58. The van der Waals surface area contributed by atoms with Gasteiger partial charge in [-0.3, -0.25) is 9.59 Å². The fourth-order valence-electron chi connectivity index (χ4n) is 1.77. The summed E-state index contributed by atoms with van der Waals surface area (Å²) in [6.07, 6.45) is 0. The van der Waals surface area contributed by atoms with Crippen LogP contribution in [0.5, 0.6) is 0 Å². The van der Waals surface area contributed by atoms with Crippen molar-refractivity contribution in [1.82, 2.24) is 0 Å². The third kappa shape index (κ3) is 4.13. The summed E-state index contributed by atoms with van der Waals surface area (Å²) in [6, 6.07) is 8.03. The highest BCUT2D eigenvalue weighted by Gasteiger charge is 2.16. The van der Waals surface area contributed by atoms with E-state index in [1.165, 1.54) is 31.4 Å². The molecule has 0 saturated carbocycles. The van der Waals surface area contributed by atoms with Gasteiger partial charge in [-0.15, -0.1) is 0 Å². The normalized spacial score (nSPS) is 9.96. The number of rotatable bonds is 3. The zero-order valence-corrected chi connectivity index (χ0v) is 12.4. The highest BCUT2D eigenvalue weighted by molar-refractivity contribution is 6.43. The monoisotopic (exact) mass is 334 g/mol. The zero-order chi connectivity index (χ0) is 17.7. The summed E-state index contributed by atoms with van der Waals surface area (Å²) in [5, 5.41) is 4.23. The summed E-state index contributed by atoms with van der Waals surface area (Å²) in [6.45, 7) is 0. The predicted molar refractivity (Wildman–Crippen MR) is 81.4 cm³/mol. The van der Waals surface area contributed by atoms with E-state index in [4.69, 9.17) is 0 Å². The molecular weight excluding hydrogens is 322 g/mol. The van der Waals surface area contributed by atoms with Crippen molar-refractivity contribution in [2.45, 2.75) is 0 Å². The van der Waals surface area contributed by atoms with E-state index < -0.39 is 35.1 Å². The van der Waals surface area contributed by atoms with Gasteiger partial charge in [0.15, 0.2) is 0 Å². The second-order valence-corrected chi connectivity index (χ2v) is 4.60. The van der Waals surface area contributed by atoms with Crippen LogP contribution in [0.3, 0.4) is 0 Å². The first-order valence-corrected chi connectivity index (χ1v) is 6.66. The third-order valence-electron chi connectivity index (χ3n) is 2.95. The number of carbonyl (C=O) groups excluding carboxylic acids is 3. The second-order valence-electron chi connectivity index (χ2n) is 4.60. The van der Waals surface area contributed by atoms with Crippen molar-refractivity contribution in [3.63, 3.8) is 0 Å². The van der Waals surface area contributed by atoms with Crippen molar-refractivity contribution < 1.29 is 27.9 Å². The molecular formula is C16H12F2N2O4. The molecule has 0 aromatic heterocycles. The molecule has 0 bridgehead atoms. The SMILES string of the molecule is COC(=O)c1ccc(NC(=O)C(=O)Nc2cc(F)ccc2F)cc1. The van der Waals surface area contributed by atoms with Gasteiger partial charge in [-0.2, -0.15) is 0 Å². The molecule has 0 fully saturated rings. The first kappa shape index (κ1) is 17.1. The molecule has 0 saturated heterocycles. The maximum atomic E-state index is 13.4. The Bertz CT molecular complexity index is 791. The van der Waals surface area contributed by atoms with Gasteiger partial charge in [0.05, 0.1) is 18.4 Å². The summed E-state index contributed by atoms with van der Waals surface area (Å²) in [4.78, 5) is 34.8. The fourth-order valence-corrected chi connectivity index (χ4v) is 1.77. The van der Waals surface area contributed by atoms with E-state index in [1.54, 1.807) is 0 Å². The molecule has 0 spiro atoms. The van der Waals surface area contributed by atoms with Crippen LogP contribution in [0.2, 0.25) is 0 Å². The molecule has 0 heterocycles. The molecule has 2 N–H and O–H groups in total. The number of esters is 1. The maximum Gasteiger partial charge on any atom is 0.337 e. The van der Waals surface area contributed by atoms with Crippen LogP contribution in [-0.2, 0) is 14.3 Å². The number of carbonyl (C=O) groups is 3.